The van der Waals surface area contributed by atoms with Crippen LogP contribution in [0, 0.1) is 0 Å². The predicted octanol–water partition coefficient (Wildman–Crippen LogP) is -1.86. The molecule has 0 rings (SSSR count). The predicted molar refractivity (Wildman–Crippen MR) is 54.8 cm³/mol. The van der Waals surface area contributed by atoms with Gasteiger partial charge in [-0.25, -0.2) is 0 Å². The molecule has 0 amide bonds. The molecular formula is C6H18O7Si2. The smallest absolute Gasteiger partial charge is 0.394 e. The minimum absolute atomic E-state index is 0.445. The van der Waals surface area contributed by atoms with Crippen LogP contribution in [0.1, 0.15) is 0 Å². The Kier molecular flexibility index (Phi) is 6.09. The number of hydrogen-bond acceptors (Lipinski definition) is 7. The quantitative estimate of drug-likeness (QED) is 0.397. The van der Waals surface area contributed by atoms with Crippen LogP contribution in [0.3, 0.4) is 0 Å². The first-order valence-electron chi connectivity index (χ1n) is 4.36. The summed E-state index contributed by atoms with van der Waals surface area (Å²) >= 11 is 0. The van der Waals surface area contributed by atoms with Crippen LogP contribution in [0.25, 0.3) is 0 Å². The van der Waals surface area contributed by atoms with E-state index in [0.29, 0.717) is 0 Å². The van der Waals surface area contributed by atoms with Gasteiger partial charge in [0.05, 0.1) is 19.3 Å². The van der Waals surface area contributed by atoms with Crippen LogP contribution in [-0.4, -0.2) is 63.8 Å². The zero-order valence-corrected chi connectivity index (χ0v) is 11.0. The molecule has 0 aliphatic carbocycles. The summed E-state index contributed by atoms with van der Waals surface area (Å²) in [6.45, 7) is 1.70. The third-order valence-electron chi connectivity index (χ3n) is 1.55. The van der Waals surface area contributed by atoms with Crippen molar-refractivity contribution in [1.29, 1.82) is 0 Å². The fourth-order valence-electron chi connectivity index (χ4n) is 0.859. The summed E-state index contributed by atoms with van der Waals surface area (Å²) in [5.41, 5.74) is 0. The summed E-state index contributed by atoms with van der Waals surface area (Å²) in [6, 6.07) is 0. The van der Waals surface area contributed by atoms with Crippen LogP contribution in [0.2, 0.25) is 13.1 Å². The van der Waals surface area contributed by atoms with Crippen molar-refractivity contribution in [3.63, 3.8) is 0 Å². The standard InChI is InChI=1S/C6H18O7Si2/c1-11-14(2,9)13-15(3,10)12-6(4-7)5-8/h6-10H,4-5H2,1-3H3. The Hall–Kier alpha value is 0.154. The molecular weight excluding hydrogens is 240 g/mol. The fourth-order valence-corrected chi connectivity index (χ4v) is 4.96. The highest BCUT2D eigenvalue weighted by Crippen LogP contribution is 2.13. The zero-order chi connectivity index (χ0) is 12.1. The van der Waals surface area contributed by atoms with Gasteiger partial charge in [0, 0.05) is 20.2 Å². The van der Waals surface area contributed by atoms with Crippen LogP contribution in [0.5, 0.6) is 0 Å². The van der Waals surface area contributed by atoms with Gasteiger partial charge in [-0.3, -0.25) is 0 Å². The Balaban J connectivity index is 4.28. The lowest BCUT2D eigenvalue weighted by molar-refractivity contribution is 0.00955. The lowest BCUT2D eigenvalue weighted by atomic mass is 10.4. The number of rotatable bonds is 7. The SMILES string of the molecule is CO[Si](C)(O)O[Si](C)(O)OC(CO)CO. The van der Waals surface area contributed by atoms with E-state index in [1.54, 1.807) is 0 Å². The zero-order valence-electron chi connectivity index (χ0n) is 9.01. The summed E-state index contributed by atoms with van der Waals surface area (Å²) < 4.78 is 14.5. The molecule has 2 unspecified atom stereocenters. The highest BCUT2D eigenvalue weighted by atomic mass is 28.5. The van der Waals surface area contributed by atoms with Crippen molar-refractivity contribution in [2.24, 2.45) is 0 Å². The van der Waals surface area contributed by atoms with Crippen LogP contribution >= 0.6 is 0 Å². The lowest BCUT2D eigenvalue weighted by Gasteiger charge is -2.29. The molecule has 0 saturated carbocycles. The maximum atomic E-state index is 9.68. The molecule has 0 heterocycles. The first kappa shape index (κ1) is 15.2. The first-order chi connectivity index (χ1) is 6.76. The van der Waals surface area contributed by atoms with Gasteiger partial charge in [0.25, 0.3) is 0 Å². The molecule has 15 heavy (non-hydrogen) atoms. The summed E-state index contributed by atoms with van der Waals surface area (Å²) in [5.74, 6) is 0. The number of aliphatic hydroxyl groups is 2. The van der Waals surface area contributed by atoms with Crippen molar-refractivity contribution in [3.8, 4) is 0 Å². The Morgan fingerprint density at radius 1 is 1.07 bits per heavy atom. The van der Waals surface area contributed by atoms with Gasteiger partial charge in [-0.15, -0.1) is 0 Å². The minimum atomic E-state index is -3.60. The van der Waals surface area contributed by atoms with Crippen molar-refractivity contribution in [2.75, 3.05) is 20.3 Å². The van der Waals surface area contributed by atoms with E-state index in [1.165, 1.54) is 20.2 Å². The van der Waals surface area contributed by atoms with Crippen molar-refractivity contribution in [2.45, 2.75) is 19.2 Å². The summed E-state index contributed by atoms with van der Waals surface area (Å²) in [6.07, 6.45) is -0.923. The average molecular weight is 258 g/mol. The number of hydrogen-bond donors (Lipinski definition) is 4. The molecule has 92 valence electrons. The van der Waals surface area contributed by atoms with E-state index in [2.05, 4.69) is 4.43 Å². The third-order valence-corrected chi connectivity index (χ3v) is 6.11. The van der Waals surface area contributed by atoms with E-state index in [9.17, 15) is 9.59 Å². The average Bonchev–Trinajstić information content (AvgIpc) is 2.12. The number of aliphatic hydroxyl groups excluding tert-OH is 2. The summed E-state index contributed by atoms with van der Waals surface area (Å²) in [7, 11) is -5.72. The van der Waals surface area contributed by atoms with Crippen molar-refractivity contribution >= 4 is 17.6 Å². The molecule has 0 aromatic carbocycles. The Morgan fingerprint density at radius 3 is 1.87 bits per heavy atom. The van der Waals surface area contributed by atoms with Gasteiger partial charge in [0.1, 0.15) is 0 Å². The second-order valence-electron chi connectivity index (χ2n) is 3.21. The Morgan fingerprint density at radius 2 is 1.53 bits per heavy atom. The Bertz CT molecular complexity index is 182. The summed E-state index contributed by atoms with van der Waals surface area (Å²) in [4.78, 5) is 19.2. The maximum absolute atomic E-state index is 9.68. The second-order valence-corrected chi connectivity index (χ2v) is 8.26. The normalized spacial score (nSPS) is 20.0. The molecule has 0 radical (unpaired) electrons. The molecule has 0 spiro atoms. The molecule has 4 N–H and O–H groups in total. The van der Waals surface area contributed by atoms with Gasteiger partial charge >= 0.3 is 17.6 Å². The van der Waals surface area contributed by atoms with Crippen LogP contribution in [-0.2, 0) is 13.0 Å². The van der Waals surface area contributed by atoms with E-state index in [1.807, 2.05) is 0 Å². The molecule has 9 heteroatoms. The van der Waals surface area contributed by atoms with Gasteiger partial charge in [-0.2, -0.15) is 0 Å². The topological polar surface area (TPSA) is 109 Å². The Labute approximate surface area is 90.6 Å². The molecule has 2 atom stereocenters. The van der Waals surface area contributed by atoms with E-state index >= 15 is 0 Å². The van der Waals surface area contributed by atoms with Crippen molar-refractivity contribution in [3.05, 3.63) is 0 Å². The van der Waals surface area contributed by atoms with Gasteiger partial charge in [0.2, 0.25) is 0 Å². The van der Waals surface area contributed by atoms with E-state index in [4.69, 9.17) is 18.8 Å². The lowest BCUT2D eigenvalue weighted by Crippen LogP contribution is -2.54. The largest absolute Gasteiger partial charge is 0.488 e. The van der Waals surface area contributed by atoms with Gasteiger partial charge in [-0.05, 0) is 0 Å². The van der Waals surface area contributed by atoms with E-state index in [-0.39, 0.29) is 0 Å². The highest BCUT2D eigenvalue weighted by molar-refractivity contribution is 6.72. The molecule has 0 bridgehead atoms. The molecule has 0 aliphatic rings. The van der Waals surface area contributed by atoms with Crippen LogP contribution < -0.4 is 0 Å². The van der Waals surface area contributed by atoms with Crippen molar-refractivity contribution in [1.82, 2.24) is 0 Å². The van der Waals surface area contributed by atoms with E-state index in [0.717, 1.165) is 0 Å². The van der Waals surface area contributed by atoms with Crippen LogP contribution in [0.4, 0.5) is 0 Å². The third kappa shape index (κ3) is 6.34. The monoisotopic (exact) mass is 258 g/mol. The van der Waals surface area contributed by atoms with Gasteiger partial charge in [0.15, 0.2) is 0 Å². The molecule has 0 fully saturated rings. The fraction of sp³-hybridized carbons (Fsp3) is 1.00. The van der Waals surface area contributed by atoms with Gasteiger partial charge < -0.3 is 32.8 Å². The van der Waals surface area contributed by atoms with E-state index < -0.39 is 36.9 Å². The summed E-state index contributed by atoms with van der Waals surface area (Å²) in [5, 5.41) is 17.5. The molecule has 0 aromatic heterocycles. The minimum Gasteiger partial charge on any atom is -0.394 e. The second kappa shape index (κ2) is 6.03. The molecule has 7 nitrogen and oxygen atoms in total. The highest BCUT2D eigenvalue weighted by Gasteiger charge is 2.43. The molecule has 0 saturated heterocycles. The first-order valence-corrected chi connectivity index (χ1v) is 8.88. The van der Waals surface area contributed by atoms with Crippen LogP contribution in [0.15, 0.2) is 0 Å². The molecule has 0 aromatic rings. The van der Waals surface area contributed by atoms with Gasteiger partial charge in [-0.1, -0.05) is 0 Å². The van der Waals surface area contributed by atoms with Crippen molar-refractivity contribution < 1.29 is 32.8 Å². The molecule has 0 aliphatic heterocycles. The maximum Gasteiger partial charge on any atom is 0.488 e.